The number of aromatic nitrogens is 1. The molecule has 6 nitrogen and oxygen atoms in total. The summed E-state index contributed by atoms with van der Waals surface area (Å²) in [5.41, 5.74) is 1.42. The highest BCUT2D eigenvalue weighted by Crippen LogP contribution is 2.17. The molecule has 1 fully saturated rings. The lowest BCUT2D eigenvalue weighted by molar-refractivity contribution is -0.141. The van der Waals surface area contributed by atoms with Crippen molar-refractivity contribution >= 4 is 22.8 Å². The monoisotopic (exact) mass is 300 g/mol. The van der Waals surface area contributed by atoms with Gasteiger partial charge in [-0.1, -0.05) is 6.07 Å². The Hall–Kier alpha value is -2.47. The van der Waals surface area contributed by atoms with Crippen molar-refractivity contribution < 1.29 is 19.4 Å². The van der Waals surface area contributed by atoms with Gasteiger partial charge in [-0.3, -0.25) is 14.6 Å². The number of rotatable bonds is 3. The molecule has 0 saturated carbocycles. The van der Waals surface area contributed by atoms with E-state index in [2.05, 4.69) is 4.98 Å². The molecule has 1 unspecified atom stereocenters. The first kappa shape index (κ1) is 14.5. The molecule has 2 aromatic rings. The van der Waals surface area contributed by atoms with Gasteiger partial charge < -0.3 is 14.7 Å². The van der Waals surface area contributed by atoms with E-state index in [0.29, 0.717) is 25.3 Å². The molecule has 1 atom stereocenters. The van der Waals surface area contributed by atoms with E-state index in [9.17, 15) is 9.59 Å². The van der Waals surface area contributed by atoms with Crippen LogP contribution in [0.15, 0.2) is 36.5 Å². The average molecular weight is 300 g/mol. The lowest BCUT2D eigenvalue weighted by atomic mass is 10.1. The Bertz CT molecular complexity index is 716. The van der Waals surface area contributed by atoms with Crippen molar-refractivity contribution in [2.75, 3.05) is 19.7 Å². The molecule has 0 aliphatic carbocycles. The van der Waals surface area contributed by atoms with E-state index < -0.39 is 12.1 Å². The van der Waals surface area contributed by atoms with Gasteiger partial charge in [0.1, 0.15) is 0 Å². The van der Waals surface area contributed by atoms with Gasteiger partial charge in [-0.05, 0) is 24.3 Å². The maximum atomic E-state index is 12.6. The predicted molar refractivity (Wildman–Crippen MR) is 79.6 cm³/mol. The molecule has 6 heteroatoms. The summed E-state index contributed by atoms with van der Waals surface area (Å²) in [4.78, 5) is 29.2. The summed E-state index contributed by atoms with van der Waals surface area (Å²) in [6, 6.07) is 9.11. The second kappa shape index (κ2) is 6.11. The highest BCUT2D eigenvalue weighted by atomic mass is 16.5. The van der Waals surface area contributed by atoms with E-state index in [1.54, 1.807) is 17.2 Å². The molecule has 1 aliphatic heterocycles. The van der Waals surface area contributed by atoms with Crippen LogP contribution in [0.5, 0.6) is 0 Å². The van der Waals surface area contributed by atoms with Crippen LogP contribution in [0.1, 0.15) is 16.8 Å². The molecule has 22 heavy (non-hydrogen) atoms. The SMILES string of the molecule is O=C(O)CC1CN(C(=O)c2ccc3ncccc3c2)CCO1. The van der Waals surface area contributed by atoms with Gasteiger partial charge in [0.2, 0.25) is 0 Å². The molecule has 1 aliphatic rings. The van der Waals surface area contributed by atoms with Crippen LogP contribution in [0.4, 0.5) is 0 Å². The molecule has 1 amide bonds. The number of fused-ring (bicyclic) bond motifs is 1. The van der Waals surface area contributed by atoms with Crippen LogP contribution >= 0.6 is 0 Å². The number of carboxylic acids is 1. The van der Waals surface area contributed by atoms with Gasteiger partial charge in [-0.15, -0.1) is 0 Å². The molecule has 1 N–H and O–H groups in total. The number of morpholine rings is 1. The van der Waals surface area contributed by atoms with Crippen LogP contribution in [0, 0.1) is 0 Å². The standard InChI is InChI=1S/C16H16N2O4/c19-15(20)9-13-10-18(6-7-22-13)16(21)12-3-4-14-11(8-12)2-1-5-17-14/h1-5,8,13H,6-7,9-10H2,(H,19,20). The van der Waals surface area contributed by atoms with Crippen molar-refractivity contribution in [2.45, 2.75) is 12.5 Å². The fourth-order valence-electron chi connectivity index (χ4n) is 2.61. The number of carbonyl (C=O) groups is 2. The minimum atomic E-state index is -0.920. The van der Waals surface area contributed by atoms with E-state index in [4.69, 9.17) is 9.84 Å². The molecule has 114 valence electrons. The summed E-state index contributed by atoms with van der Waals surface area (Å²) in [7, 11) is 0. The number of aliphatic carboxylic acids is 1. The summed E-state index contributed by atoms with van der Waals surface area (Å²) in [5.74, 6) is -1.03. The largest absolute Gasteiger partial charge is 0.481 e. The molecule has 0 radical (unpaired) electrons. The predicted octanol–water partition coefficient (Wildman–Crippen LogP) is 1.55. The Kier molecular flexibility index (Phi) is 4.02. The van der Waals surface area contributed by atoms with Crippen LogP contribution < -0.4 is 0 Å². The average Bonchev–Trinajstić information content (AvgIpc) is 2.53. The van der Waals surface area contributed by atoms with Crippen molar-refractivity contribution in [1.82, 2.24) is 9.88 Å². The maximum Gasteiger partial charge on any atom is 0.306 e. The minimum Gasteiger partial charge on any atom is -0.481 e. The normalized spacial score (nSPS) is 18.4. The summed E-state index contributed by atoms with van der Waals surface area (Å²) >= 11 is 0. The number of hydrogen-bond acceptors (Lipinski definition) is 4. The first-order valence-corrected chi connectivity index (χ1v) is 7.11. The first-order valence-electron chi connectivity index (χ1n) is 7.11. The smallest absolute Gasteiger partial charge is 0.306 e. The Balaban J connectivity index is 1.78. The third-order valence-electron chi connectivity index (χ3n) is 3.68. The maximum absolute atomic E-state index is 12.6. The third kappa shape index (κ3) is 3.07. The van der Waals surface area contributed by atoms with Crippen molar-refractivity contribution in [1.29, 1.82) is 0 Å². The first-order chi connectivity index (χ1) is 10.6. The van der Waals surface area contributed by atoms with E-state index in [-0.39, 0.29) is 12.3 Å². The Labute approximate surface area is 127 Å². The van der Waals surface area contributed by atoms with E-state index in [1.807, 2.05) is 24.3 Å². The van der Waals surface area contributed by atoms with Crippen molar-refractivity contribution in [3.05, 3.63) is 42.1 Å². The molecule has 2 heterocycles. The summed E-state index contributed by atoms with van der Waals surface area (Å²) < 4.78 is 5.39. The molecule has 1 aromatic carbocycles. The third-order valence-corrected chi connectivity index (χ3v) is 3.68. The molecule has 1 saturated heterocycles. The topological polar surface area (TPSA) is 79.7 Å². The number of amides is 1. The van der Waals surface area contributed by atoms with E-state index in [1.165, 1.54) is 0 Å². The van der Waals surface area contributed by atoms with Gasteiger partial charge in [0.15, 0.2) is 0 Å². The van der Waals surface area contributed by atoms with E-state index >= 15 is 0 Å². The highest BCUT2D eigenvalue weighted by molar-refractivity contribution is 5.98. The van der Waals surface area contributed by atoms with Crippen LogP contribution in [-0.2, 0) is 9.53 Å². The number of nitrogens with zero attached hydrogens (tertiary/aromatic N) is 2. The molecule has 3 rings (SSSR count). The highest BCUT2D eigenvalue weighted by Gasteiger charge is 2.26. The van der Waals surface area contributed by atoms with Gasteiger partial charge in [-0.2, -0.15) is 0 Å². The summed E-state index contributed by atoms with van der Waals surface area (Å²) in [6.07, 6.45) is 1.17. The lowest BCUT2D eigenvalue weighted by Crippen LogP contribution is -2.46. The minimum absolute atomic E-state index is 0.0918. The number of ether oxygens (including phenoxy) is 1. The van der Waals surface area contributed by atoms with Gasteiger partial charge in [0.05, 0.1) is 24.6 Å². The Morgan fingerprint density at radius 1 is 1.36 bits per heavy atom. The fraction of sp³-hybridized carbons (Fsp3) is 0.312. The zero-order valence-electron chi connectivity index (χ0n) is 11.9. The number of carbonyl (C=O) groups excluding carboxylic acids is 1. The zero-order chi connectivity index (χ0) is 15.5. The van der Waals surface area contributed by atoms with Gasteiger partial charge in [0, 0.05) is 30.2 Å². The van der Waals surface area contributed by atoms with Gasteiger partial charge in [-0.25, -0.2) is 0 Å². The number of carboxylic acid groups (broad SMARTS) is 1. The Morgan fingerprint density at radius 2 is 2.23 bits per heavy atom. The van der Waals surface area contributed by atoms with Crippen LogP contribution in [-0.4, -0.2) is 52.7 Å². The molecular formula is C16H16N2O4. The molecular weight excluding hydrogens is 284 g/mol. The quantitative estimate of drug-likeness (QED) is 0.930. The van der Waals surface area contributed by atoms with E-state index in [0.717, 1.165) is 10.9 Å². The number of pyridine rings is 1. The second-order valence-corrected chi connectivity index (χ2v) is 5.25. The summed E-state index contributed by atoms with van der Waals surface area (Å²) in [5, 5.41) is 9.74. The van der Waals surface area contributed by atoms with Crippen molar-refractivity contribution in [3.63, 3.8) is 0 Å². The summed E-state index contributed by atoms with van der Waals surface area (Å²) in [6.45, 7) is 1.13. The van der Waals surface area contributed by atoms with Gasteiger partial charge >= 0.3 is 5.97 Å². The van der Waals surface area contributed by atoms with Crippen molar-refractivity contribution in [2.24, 2.45) is 0 Å². The van der Waals surface area contributed by atoms with Crippen LogP contribution in [0.3, 0.4) is 0 Å². The molecule has 1 aromatic heterocycles. The molecule has 0 spiro atoms. The van der Waals surface area contributed by atoms with Gasteiger partial charge in [0.25, 0.3) is 5.91 Å². The van der Waals surface area contributed by atoms with Crippen molar-refractivity contribution in [3.8, 4) is 0 Å². The zero-order valence-corrected chi connectivity index (χ0v) is 11.9. The molecule has 0 bridgehead atoms. The van der Waals surface area contributed by atoms with Crippen LogP contribution in [0.25, 0.3) is 10.9 Å². The number of hydrogen-bond donors (Lipinski definition) is 1. The fourth-order valence-corrected chi connectivity index (χ4v) is 2.61. The Morgan fingerprint density at radius 3 is 3.05 bits per heavy atom. The lowest BCUT2D eigenvalue weighted by Gasteiger charge is -2.32. The van der Waals surface area contributed by atoms with Crippen LogP contribution in [0.2, 0.25) is 0 Å². The number of benzene rings is 1. The second-order valence-electron chi connectivity index (χ2n) is 5.25.